The first-order valence-corrected chi connectivity index (χ1v) is 10.2. The number of hydrogen-bond acceptors (Lipinski definition) is 5. The molecule has 0 atom stereocenters. The number of rotatable bonds is 6. The SMILES string of the molecule is O=C(CS(=O)(=O)c1ccccc1)CS(=O)(=O)c1ccc(Cl)cc1. The molecule has 0 aliphatic rings. The molecule has 122 valence electrons. The van der Waals surface area contributed by atoms with Gasteiger partial charge in [0.05, 0.1) is 9.79 Å². The monoisotopic (exact) mass is 372 g/mol. The molecule has 0 N–H and O–H groups in total. The first kappa shape index (κ1) is 17.7. The van der Waals surface area contributed by atoms with Crippen LogP contribution in [0.3, 0.4) is 0 Å². The number of sulfone groups is 2. The van der Waals surface area contributed by atoms with Gasteiger partial charge in [-0.15, -0.1) is 0 Å². The zero-order valence-corrected chi connectivity index (χ0v) is 14.2. The molecular formula is C15H13ClO5S2. The maximum Gasteiger partial charge on any atom is 0.185 e. The van der Waals surface area contributed by atoms with E-state index in [0.29, 0.717) is 5.02 Å². The summed E-state index contributed by atoms with van der Waals surface area (Å²) in [6.07, 6.45) is 0. The first-order valence-electron chi connectivity index (χ1n) is 6.48. The van der Waals surface area contributed by atoms with Gasteiger partial charge in [0.25, 0.3) is 0 Å². The molecular weight excluding hydrogens is 360 g/mol. The lowest BCUT2D eigenvalue weighted by Crippen LogP contribution is -2.24. The maximum absolute atomic E-state index is 12.1. The fourth-order valence-corrected chi connectivity index (χ4v) is 4.66. The summed E-state index contributed by atoms with van der Waals surface area (Å²) in [6.45, 7) is 0. The lowest BCUT2D eigenvalue weighted by atomic mass is 10.4. The molecule has 0 radical (unpaired) electrons. The molecule has 0 amide bonds. The third-order valence-electron chi connectivity index (χ3n) is 2.98. The normalized spacial score (nSPS) is 12.0. The standard InChI is InChI=1S/C15H13ClO5S2/c16-12-6-8-15(9-7-12)23(20,21)11-13(17)10-22(18,19)14-4-2-1-3-5-14/h1-9H,10-11H2. The second-order valence-electron chi connectivity index (χ2n) is 4.82. The van der Waals surface area contributed by atoms with Crippen molar-refractivity contribution in [2.24, 2.45) is 0 Å². The summed E-state index contributed by atoms with van der Waals surface area (Å²) in [5, 5.41) is 0.363. The molecule has 0 aliphatic heterocycles. The smallest absolute Gasteiger partial charge is 0.185 e. The topological polar surface area (TPSA) is 85.3 Å². The fraction of sp³-hybridized carbons (Fsp3) is 0.133. The van der Waals surface area contributed by atoms with E-state index < -0.39 is 37.0 Å². The van der Waals surface area contributed by atoms with Crippen LogP contribution in [0.25, 0.3) is 0 Å². The van der Waals surface area contributed by atoms with Gasteiger partial charge >= 0.3 is 0 Å². The third-order valence-corrected chi connectivity index (χ3v) is 6.61. The summed E-state index contributed by atoms with van der Waals surface area (Å²) < 4.78 is 48.4. The molecule has 0 heterocycles. The average Bonchev–Trinajstić information content (AvgIpc) is 2.47. The molecule has 2 rings (SSSR count). The largest absolute Gasteiger partial charge is 0.297 e. The Morgan fingerprint density at radius 1 is 0.739 bits per heavy atom. The van der Waals surface area contributed by atoms with Gasteiger partial charge in [0.2, 0.25) is 0 Å². The van der Waals surface area contributed by atoms with Crippen molar-refractivity contribution in [2.75, 3.05) is 11.5 Å². The predicted octanol–water partition coefficient (Wildman–Crippen LogP) is 2.16. The number of ketones is 1. The Hall–Kier alpha value is -1.70. The van der Waals surface area contributed by atoms with E-state index in [-0.39, 0.29) is 9.79 Å². The van der Waals surface area contributed by atoms with E-state index in [9.17, 15) is 21.6 Å². The minimum Gasteiger partial charge on any atom is -0.297 e. The van der Waals surface area contributed by atoms with E-state index in [0.717, 1.165) is 0 Å². The van der Waals surface area contributed by atoms with Crippen molar-refractivity contribution in [3.05, 3.63) is 59.6 Å². The van der Waals surface area contributed by atoms with E-state index in [4.69, 9.17) is 11.6 Å². The summed E-state index contributed by atoms with van der Waals surface area (Å²) >= 11 is 5.68. The molecule has 0 aromatic heterocycles. The molecule has 0 fully saturated rings. The van der Waals surface area contributed by atoms with Gasteiger partial charge < -0.3 is 0 Å². The lowest BCUT2D eigenvalue weighted by molar-refractivity contribution is -0.114. The van der Waals surface area contributed by atoms with Crippen LogP contribution in [-0.2, 0) is 24.5 Å². The predicted molar refractivity (Wildman–Crippen MR) is 87.0 cm³/mol. The summed E-state index contributed by atoms with van der Waals surface area (Å²) in [4.78, 5) is 11.8. The molecule has 0 bridgehead atoms. The zero-order valence-electron chi connectivity index (χ0n) is 11.8. The molecule has 0 aliphatic carbocycles. The minimum atomic E-state index is -3.90. The molecule has 0 saturated carbocycles. The highest BCUT2D eigenvalue weighted by Crippen LogP contribution is 2.16. The Bertz CT molecular complexity index is 902. The van der Waals surface area contributed by atoms with Crippen molar-refractivity contribution in [1.29, 1.82) is 0 Å². The molecule has 0 saturated heterocycles. The Morgan fingerprint density at radius 2 is 1.17 bits per heavy atom. The number of halogens is 1. The van der Waals surface area contributed by atoms with Gasteiger partial charge in [0, 0.05) is 5.02 Å². The maximum atomic E-state index is 12.1. The van der Waals surface area contributed by atoms with Gasteiger partial charge in [0.1, 0.15) is 11.5 Å². The van der Waals surface area contributed by atoms with Gasteiger partial charge in [-0.3, -0.25) is 4.79 Å². The van der Waals surface area contributed by atoms with E-state index in [1.807, 2.05) is 0 Å². The van der Waals surface area contributed by atoms with Crippen LogP contribution in [0.2, 0.25) is 5.02 Å². The summed E-state index contributed by atoms with van der Waals surface area (Å²) in [7, 11) is -7.76. The molecule has 5 nitrogen and oxygen atoms in total. The van der Waals surface area contributed by atoms with Crippen molar-refractivity contribution in [3.63, 3.8) is 0 Å². The second-order valence-corrected chi connectivity index (χ2v) is 9.24. The number of benzene rings is 2. The van der Waals surface area contributed by atoms with Gasteiger partial charge in [-0.05, 0) is 36.4 Å². The van der Waals surface area contributed by atoms with Gasteiger partial charge in [-0.2, -0.15) is 0 Å². The minimum absolute atomic E-state index is 0.0164. The van der Waals surface area contributed by atoms with Crippen LogP contribution >= 0.6 is 11.6 Å². The van der Waals surface area contributed by atoms with Crippen LogP contribution in [0.15, 0.2) is 64.4 Å². The Kier molecular flexibility index (Phi) is 5.23. The lowest BCUT2D eigenvalue weighted by Gasteiger charge is -2.06. The van der Waals surface area contributed by atoms with Crippen molar-refractivity contribution >= 4 is 37.1 Å². The quantitative estimate of drug-likeness (QED) is 0.775. The van der Waals surface area contributed by atoms with Crippen molar-refractivity contribution in [3.8, 4) is 0 Å². The highest BCUT2D eigenvalue weighted by molar-refractivity contribution is 7.93. The van der Waals surface area contributed by atoms with Gasteiger partial charge in [0.15, 0.2) is 25.5 Å². The van der Waals surface area contributed by atoms with Gasteiger partial charge in [-0.25, -0.2) is 16.8 Å². The van der Waals surface area contributed by atoms with Crippen molar-refractivity contribution in [1.82, 2.24) is 0 Å². The van der Waals surface area contributed by atoms with Crippen LogP contribution < -0.4 is 0 Å². The zero-order chi connectivity index (χ0) is 17.1. The fourth-order valence-electron chi connectivity index (χ4n) is 1.90. The summed E-state index contributed by atoms with van der Waals surface area (Å²) in [5.41, 5.74) is 0. The summed E-state index contributed by atoms with van der Waals surface area (Å²) in [6, 6.07) is 12.7. The molecule has 2 aromatic rings. The van der Waals surface area contributed by atoms with Crippen molar-refractivity contribution < 1.29 is 21.6 Å². The molecule has 2 aromatic carbocycles. The third kappa shape index (κ3) is 4.63. The van der Waals surface area contributed by atoms with E-state index in [1.165, 1.54) is 48.5 Å². The van der Waals surface area contributed by atoms with Crippen molar-refractivity contribution in [2.45, 2.75) is 9.79 Å². The highest BCUT2D eigenvalue weighted by atomic mass is 35.5. The van der Waals surface area contributed by atoms with Crippen LogP contribution in [0.4, 0.5) is 0 Å². The highest BCUT2D eigenvalue weighted by Gasteiger charge is 2.24. The number of Topliss-reactive ketones (excluding diaryl/α,β-unsaturated/α-hetero) is 1. The van der Waals surface area contributed by atoms with E-state index in [2.05, 4.69) is 0 Å². The average molecular weight is 373 g/mol. The van der Waals surface area contributed by atoms with Crippen LogP contribution in [-0.4, -0.2) is 34.1 Å². The molecule has 0 unspecified atom stereocenters. The van der Waals surface area contributed by atoms with Crippen LogP contribution in [0.1, 0.15) is 0 Å². The van der Waals surface area contributed by atoms with E-state index >= 15 is 0 Å². The Morgan fingerprint density at radius 3 is 1.65 bits per heavy atom. The number of hydrogen-bond donors (Lipinski definition) is 0. The number of carbonyl (C=O) groups excluding carboxylic acids is 1. The van der Waals surface area contributed by atoms with Crippen LogP contribution in [0.5, 0.6) is 0 Å². The Balaban J connectivity index is 2.14. The molecule has 0 spiro atoms. The van der Waals surface area contributed by atoms with Gasteiger partial charge in [-0.1, -0.05) is 29.8 Å². The number of carbonyl (C=O) groups is 1. The molecule has 23 heavy (non-hydrogen) atoms. The molecule has 8 heteroatoms. The summed E-state index contributed by atoms with van der Waals surface area (Å²) in [5.74, 6) is -2.62. The van der Waals surface area contributed by atoms with Crippen LogP contribution in [0, 0.1) is 0 Å². The first-order chi connectivity index (χ1) is 10.7. The second kappa shape index (κ2) is 6.82. The Labute approximate surface area is 139 Å². The van der Waals surface area contributed by atoms with E-state index in [1.54, 1.807) is 6.07 Å².